The standard InChI is InChI=1S/C20H16N4O3/c1-13-2-7-18-17(8-13)19(9-20(26)22-18)24-15(10-21-23-24)12-27-16-5-3-14(11-25)4-6-16/h2-11H,12H2,1H3,(H,22,26). The summed E-state index contributed by atoms with van der Waals surface area (Å²) in [7, 11) is 0. The predicted molar refractivity (Wildman–Crippen MR) is 100 cm³/mol. The van der Waals surface area contributed by atoms with E-state index in [4.69, 9.17) is 4.74 Å². The number of carbonyl (C=O) groups excluding carboxylic acids is 1. The van der Waals surface area contributed by atoms with Crippen molar-refractivity contribution < 1.29 is 9.53 Å². The number of fused-ring (bicyclic) bond motifs is 1. The van der Waals surface area contributed by atoms with Crippen LogP contribution in [0.2, 0.25) is 0 Å². The van der Waals surface area contributed by atoms with E-state index < -0.39 is 0 Å². The Morgan fingerprint density at radius 3 is 2.74 bits per heavy atom. The van der Waals surface area contributed by atoms with Crippen LogP contribution < -0.4 is 10.3 Å². The molecule has 0 amide bonds. The molecule has 0 aliphatic rings. The van der Waals surface area contributed by atoms with Gasteiger partial charge in [-0.05, 0) is 43.3 Å². The Morgan fingerprint density at radius 1 is 1.15 bits per heavy atom. The van der Waals surface area contributed by atoms with Crippen LogP contribution in [0.3, 0.4) is 0 Å². The molecular formula is C20H16N4O3. The summed E-state index contributed by atoms with van der Waals surface area (Å²) < 4.78 is 7.38. The number of aryl methyl sites for hydroxylation is 1. The van der Waals surface area contributed by atoms with Gasteiger partial charge in [0.15, 0.2) is 0 Å². The van der Waals surface area contributed by atoms with Gasteiger partial charge in [-0.2, -0.15) is 0 Å². The van der Waals surface area contributed by atoms with Gasteiger partial charge in [0, 0.05) is 17.0 Å². The molecule has 0 fully saturated rings. The molecule has 7 heteroatoms. The maximum Gasteiger partial charge on any atom is 0.250 e. The second-order valence-corrected chi connectivity index (χ2v) is 6.18. The highest BCUT2D eigenvalue weighted by molar-refractivity contribution is 5.87. The molecule has 0 saturated carbocycles. The monoisotopic (exact) mass is 360 g/mol. The molecule has 0 aliphatic heterocycles. The Hall–Kier alpha value is -3.74. The normalized spacial score (nSPS) is 10.9. The van der Waals surface area contributed by atoms with Crippen LogP contribution in [0.4, 0.5) is 0 Å². The molecule has 4 rings (SSSR count). The quantitative estimate of drug-likeness (QED) is 0.553. The van der Waals surface area contributed by atoms with Crippen LogP contribution in [-0.2, 0) is 6.61 Å². The van der Waals surface area contributed by atoms with Gasteiger partial charge in [0.1, 0.15) is 24.3 Å². The summed E-state index contributed by atoms with van der Waals surface area (Å²) >= 11 is 0. The Bertz CT molecular complexity index is 1180. The Balaban J connectivity index is 1.69. The number of benzene rings is 2. The van der Waals surface area contributed by atoms with Gasteiger partial charge >= 0.3 is 0 Å². The van der Waals surface area contributed by atoms with E-state index in [1.807, 2.05) is 25.1 Å². The molecular weight excluding hydrogens is 344 g/mol. The van der Waals surface area contributed by atoms with Crippen LogP contribution in [0.25, 0.3) is 16.6 Å². The highest BCUT2D eigenvalue weighted by Gasteiger charge is 2.12. The number of aldehydes is 1. The number of hydrogen-bond donors (Lipinski definition) is 1. The van der Waals surface area contributed by atoms with E-state index in [1.165, 1.54) is 6.07 Å². The summed E-state index contributed by atoms with van der Waals surface area (Å²) in [6.45, 7) is 2.20. The van der Waals surface area contributed by atoms with E-state index in [1.54, 1.807) is 35.1 Å². The van der Waals surface area contributed by atoms with Gasteiger partial charge < -0.3 is 9.72 Å². The van der Waals surface area contributed by atoms with Crippen LogP contribution in [0, 0.1) is 6.92 Å². The van der Waals surface area contributed by atoms with E-state index in [-0.39, 0.29) is 12.2 Å². The minimum atomic E-state index is -0.215. The molecule has 2 aromatic carbocycles. The number of rotatable bonds is 5. The molecule has 1 N–H and O–H groups in total. The molecule has 27 heavy (non-hydrogen) atoms. The van der Waals surface area contributed by atoms with Crippen molar-refractivity contribution in [1.29, 1.82) is 0 Å². The minimum Gasteiger partial charge on any atom is -0.487 e. The lowest BCUT2D eigenvalue weighted by Crippen LogP contribution is -2.12. The largest absolute Gasteiger partial charge is 0.487 e. The third kappa shape index (κ3) is 3.35. The number of aromatic amines is 1. The fourth-order valence-electron chi connectivity index (χ4n) is 2.88. The molecule has 0 unspecified atom stereocenters. The third-order valence-electron chi connectivity index (χ3n) is 4.23. The van der Waals surface area contributed by atoms with E-state index >= 15 is 0 Å². The smallest absolute Gasteiger partial charge is 0.250 e. The lowest BCUT2D eigenvalue weighted by atomic mass is 10.1. The van der Waals surface area contributed by atoms with Crippen molar-refractivity contribution in [3.8, 4) is 11.4 Å². The van der Waals surface area contributed by atoms with Crippen molar-refractivity contribution in [3.05, 3.63) is 81.9 Å². The first-order chi connectivity index (χ1) is 13.1. The number of aromatic nitrogens is 4. The van der Waals surface area contributed by atoms with Crippen molar-refractivity contribution >= 4 is 17.2 Å². The average Bonchev–Trinajstić information content (AvgIpc) is 3.15. The zero-order valence-corrected chi connectivity index (χ0v) is 14.5. The predicted octanol–water partition coefficient (Wildman–Crippen LogP) is 2.81. The Morgan fingerprint density at radius 2 is 1.96 bits per heavy atom. The van der Waals surface area contributed by atoms with Crippen molar-refractivity contribution in [2.45, 2.75) is 13.5 Å². The van der Waals surface area contributed by atoms with Crippen LogP contribution in [0.15, 0.2) is 59.5 Å². The third-order valence-corrected chi connectivity index (χ3v) is 4.23. The fourth-order valence-corrected chi connectivity index (χ4v) is 2.88. The minimum absolute atomic E-state index is 0.215. The molecule has 0 saturated heterocycles. The topological polar surface area (TPSA) is 89.9 Å². The SMILES string of the molecule is Cc1ccc2[nH]c(=O)cc(-n3nncc3COc3ccc(C=O)cc3)c2c1. The zero-order chi connectivity index (χ0) is 18.8. The van der Waals surface area contributed by atoms with Crippen LogP contribution in [-0.4, -0.2) is 26.3 Å². The average molecular weight is 360 g/mol. The molecule has 4 aromatic rings. The van der Waals surface area contributed by atoms with E-state index in [9.17, 15) is 9.59 Å². The number of nitrogens with one attached hydrogen (secondary N) is 1. The molecule has 2 heterocycles. The lowest BCUT2D eigenvalue weighted by molar-refractivity contribution is 0.112. The second kappa shape index (κ2) is 6.87. The molecule has 2 aromatic heterocycles. The molecule has 7 nitrogen and oxygen atoms in total. The first-order valence-corrected chi connectivity index (χ1v) is 8.36. The van der Waals surface area contributed by atoms with Crippen LogP contribution in [0.5, 0.6) is 5.75 Å². The van der Waals surface area contributed by atoms with Gasteiger partial charge in [-0.25, -0.2) is 4.68 Å². The number of pyridine rings is 1. The maximum atomic E-state index is 12.1. The summed E-state index contributed by atoms with van der Waals surface area (Å²) in [5, 5.41) is 8.98. The van der Waals surface area contributed by atoms with Crippen molar-refractivity contribution in [3.63, 3.8) is 0 Å². The molecule has 134 valence electrons. The Kier molecular flexibility index (Phi) is 4.25. The summed E-state index contributed by atoms with van der Waals surface area (Å²) in [6.07, 6.45) is 2.38. The molecule has 0 bridgehead atoms. The summed E-state index contributed by atoms with van der Waals surface area (Å²) in [5.41, 5.74) is 3.51. The summed E-state index contributed by atoms with van der Waals surface area (Å²) in [5.74, 6) is 0.625. The number of nitrogens with zero attached hydrogens (tertiary/aromatic N) is 3. The molecule has 0 aliphatic carbocycles. The first-order valence-electron chi connectivity index (χ1n) is 8.36. The van der Waals surface area contributed by atoms with E-state index in [0.29, 0.717) is 22.7 Å². The first kappa shape index (κ1) is 16.7. The van der Waals surface area contributed by atoms with Crippen LogP contribution >= 0.6 is 0 Å². The number of carbonyl (C=O) groups is 1. The second-order valence-electron chi connectivity index (χ2n) is 6.18. The molecule has 0 radical (unpaired) electrons. The van der Waals surface area contributed by atoms with Crippen molar-refractivity contribution in [2.24, 2.45) is 0 Å². The van der Waals surface area contributed by atoms with E-state index in [2.05, 4.69) is 15.3 Å². The summed E-state index contributed by atoms with van der Waals surface area (Å²) in [4.78, 5) is 25.6. The maximum absolute atomic E-state index is 12.1. The number of H-pyrrole nitrogens is 1. The van der Waals surface area contributed by atoms with Crippen molar-refractivity contribution in [2.75, 3.05) is 0 Å². The van der Waals surface area contributed by atoms with Crippen molar-refractivity contribution in [1.82, 2.24) is 20.0 Å². The van der Waals surface area contributed by atoms with Gasteiger partial charge in [0.2, 0.25) is 0 Å². The highest BCUT2D eigenvalue weighted by Crippen LogP contribution is 2.21. The lowest BCUT2D eigenvalue weighted by Gasteiger charge is -2.11. The number of hydrogen-bond acceptors (Lipinski definition) is 5. The highest BCUT2D eigenvalue weighted by atomic mass is 16.5. The summed E-state index contributed by atoms with van der Waals surface area (Å²) in [6, 6.07) is 14.1. The molecule has 0 spiro atoms. The zero-order valence-electron chi connectivity index (χ0n) is 14.5. The van der Waals surface area contributed by atoms with Gasteiger partial charge in [-0.15, -0.1) is 5.10 Å². The van der Waals surface area contributed by atoms with Gasteiger partial charge in [0.25, 0.3) is 5.56 Å². The van der Waals surface area contributed by atoms with Gasteiger partial charge in [-0.1, -0.05) is 16.8 Å². The van der Waals surface area contributed by atoms with Gasteiger partial charge in [-0.3, -0.25) is 9.59 Å². The molecule has 0 atom stereocenters. The fraction of sp³-hybridized carbons (Fsp3) is 0.100. The van der Waals surface area contributed by atoms with E-state index in [0.717, 1.165) is 22.8 Å². The van der Waals surface area contributed by atoms with Gasteiger partial charge in [0.05, 0.1) is 17.4 Å². The number of ether oxygens (including phenoxy) is 1. The Labute approximate surface area is 154 Å². The van der Waals surface area contributed by atoms with Crippen LogP contribution in [0.1, 0.15) is 21.6 Å².